The molecule has 0 radical (unpaired) electrons. The monoisotopic (exact) mass is 270 g/mol. The molecule has 0 bridgehead atoms. The first-order chi connectivity index (χ1) is 7.21. The van der Waals surface area contributed by atoms with Gasteiger partial charge in [0.1, 0.15) is 0 Å². The fourth-order valence-electron chi connectivity index (χ4n) is 0.995. The van der Waals surface area contributed by atoms with Gasteiger partial charge in [-0.1, -0.05) is 0 Å². The minimum atomic E-state index is -4.64. The van der Waals surface area contributed by atoms with Crippen LogP contribution in [-0.4, -0.2) is 64.7 Å². The Kier molecular flexibility index (Phi) is 5.30. The van der Waals surface area contributed by atoms with Crippen molar-refractivity contribution in [1.82, 2.24) is 0 Å². The molecular weight excluding hydrogens is 263 g/mol. The fraction of sp³-hybridized carbons (Fsp3) is 0. The molecule has 0 aliphatic carbocycles. The maximum absolute atomic E-state index is 10.8. The Morgan fingerprint density at radius 1 is 0.941 bits per heavy atom. The van der Waals surface area contributed by atoms with Gasteiger partial charge in [0.15, 0.2) is 0 Å². The van der Waals surface area contributed by atoms with Gasteiger partial charge in [0, 0.05) is 0 Å². The topological polar surface area (TPSA) is 129 Å². The molecule has 0 atom stereocenters. The van der Waals surface area contributed by atoms with Gasteiger partial charge >= 0.3 is 41.5 Å². The summed E-state index contributed by atoms with van der Waals surface area (Å²) < 4.78 is 30.2. The third-order valence-corrected chi connectivity index (χ3v) is 2.53. The van der Waals surface area contributed by atoms with Crippen LogP contribution in [0.2, 0.25) is 0 Å². The van der Waals surface area contributed by atoms with Gasteiger partial charge in [-0.15, -0.1) is 0 Å². The predicted molar refractivity (Wildman–Crippen MR) is 57.3 cm³/mol. The summed E-state index contributed by atoms with van der Waals surface area (Å²) >= 11 is 0. The summed E-state index contributed by atoms with van der Waals surface area (Å²) in [6.07, 6.45) is 0. The van der Waals surface area contributed by atoms with E-state index < -0.39 is 38.1 Å². The second kappa shape index (κ2) is 5.61. The Morgan fingerprint density at radius 2 is 1.29 bits per heavy atom. The van der Waals surface area contributed by atoms with E-state index >= 15 is 0 Å². The Balaban J connectivity index is 0.00000256. The molecule has 0 spiro atoms. The van der Waals surface area contributed by atoms with Crippen LogP contribution < -0.4 is 0 Å². The Bertz CT molecular complexity index is 531. The van der Waals surface area contributed by atoms with Gasteiger partial charge in [-0.25, -0.2) is 9.59 Å². The maximum atomic E-state index is 10.8. The molecule has 0 aliphatic heterocycles. The van der Waals surface area contributed by atoms with Crippen molar-refractivity contribution in [2.75, 3.05) is 0 Å². The van der Waals surface area contributed by atoms with E-state index in [-0.39, 0.29) is 29.6 Å². The molecule has 0 saturated carbocycles. The average molecular weight is 270 g/mol. The van der Waals surface area contributed by atoms with Crippen LogP contribution in [0.25, 0.3) is 0 Å². The molecule has 0 heterocycles. The van der Waals surface area contributed by atoms with Gasteiger partial charge < -0.3 is 10.2 Å². The summed E-state index contributed by atoms with van der Waals surface area (Å²) in [5, 5.41) is 17.2. The number of benzene rings is 1. The molecule has 0 aromatic heterocycles. The zero-order valence-corrected chi connectivity index (χ0v) is 8.43. The van der Waals surface area contributed by atoms with E-state index in [4.69, 9.17) is 14.8 Å². The van der Waals surface area contributed by atoms with Crippen molar-refractivity contribution in [1.29, 1.82) is 0 Å². The molecule has 0 aliphatic rings. The zero-order valence-electron chi connectivity index (χ0n) is 7.61. The molecular formula is C8H7NaO7S. The first-order valence-electron chi connectivity index (χ1n) is 3.81. The summed E-state index contributed by atoms with van der Waals surface area (Å²) in [5.74, 6) is -2.99. The van der Waals surface area contributed by atoms with Crippen molar-refractivity contribution in [2.45, 2.75) is 4.90 Å². The van der Waals surface area contributed by atoms with Crippen LogP contribution in [0.4, 0.5) is 0 Å². The van der Waals surface area contributed by atoms with Crippen LogP contribution >= 0.6 is 0 Å². The molecule has 9 heteroatoms. The van der Waals surface area contributed by atoms with Crippen molar-refractivity contribution in [3.05, 3.63) is 29.3 Å². The van der Waals surface area contributed by atoms with E-state index in [2.05, 4.69) is 0 Å². The Labute approximate surface area is 118 Å². The second-order valence-electron chi connectivity index (χ2n) is 2.83. The van der Waals surface area contributed by atoms with E-state index in [0.717, 1.165) is 6.07 Å². The van der Waals surface area contributed by atoms with Gasteiger partial charge in [-0.3, -0.25) is 4.55 Å². The van der Waals surface area contributed by atoms with E-state index in [0.29, 0.717) is 12.1 Å². The average Bonchev–Trinajstić information content (AvgIpc) is 2.15. The molecule has 0 unspecified atom stereocenters. The van der Waals surface area contributed by atoms with Crippen LogP contribution in [0.3, 0.4) is 0 Å². The number of hydrogen-bond donors (Lipinski definition) is 3. The fourth-order valence-corrected chi connectivity index (χ4v) is 1.55. The number of carboxylic acids is 2. The normalized spacial score (nSPS) is 10.4. The minimum absolute atomic E-state index is 0. The zero-order chi connectivity index (χ0) is 12.5. The summed E-state index contributed by atoms with van der Waals surface area (Å²) in [5.41, 5.74) is -1.07. The number of carbonyl (C=O) groups is 2. The first-order valence-corrected chi connectivity index (χ1v) is 5.25. The SMILES string of the molecule is O=C(O)c1cc(C(=O)O)cc(S(=O)(=O)O)c1.[NaH]. The van der Waals surface area contributed by atoms with Gasteiger partial charge in [-0.05, 0) is 18.2 Å². The van der Waals surface area contributed by atoms with Crippen molar-refractivity contribution < 1.29 is 32.8 Å². The molecule has 1 aromatic carbocycles. The molecule has 0 fully saturated rings. The van der Waals surface area contributed by atoms with Crippen LogP contribution in [0.5, 0.6) is 0 Å². The summed E-state index contributed by atoms with van der Waals surface area (Å²) in [7, 11) is -4.64. The molecule has 1 rings (SSSR count). The summed E-state index contributed by atoms with van der Waals surface area (Å²) in [4.78, 5) is 20.4. The summed E-state index contributed by atoms with van der Waals surface area (Å²) in [6, 6.07) is 2.13. The number of rotatable bonds is 3. The standard InChI is InChI=1S/C8H6O7S.Na.H/c9-7(10)4-1-5(8(11)12)3-6(2-4)16(13,14)15;;/h1-3H,(H,9,10)(H,11,12)(H,13,14,15);;. The molecule has 1 aromatic rings. The quantitative estimate of drug-likeness (QED) is 0.507. The number of aromatic carboxylic acids is 2. The van der Waals surface area contributed by atoms with Crippen LogP contribution in [0.15, 0.2) is 23.1 Å². The third kappa shape index (κ3) is 4.10. The predicted octanol–water partition coefficient (Wildman–Crippen LogP) is -0.319. The first kappa shape index (κ1) is 16.1. The van der Waals surface area contributed by atoms with Crippen LogP contribution in [-0.2, 0) is 10.1 Å². The third-order valence-electron chi connectivity index (χ3n) is 1.70. The van der Waals surface area contributed by atoms with E-state index in [1.807, 2.05) is 0 Å². The second-order valence-corrected chi connectivity index (χ2v) is 4.25. The molecule has 0 saturated heterocycles. The molecule has 3 N–H and O–H groups in total. The Morgan fingerprint density at radius 3 is 1.53 bits per heavy atom. The van der Waals surface area contributed by atoms with Crippen LogP contribution in [0.1, 0.15) is 20.7 Å². The number of carboxylic acid groups (broad SMARTS) is 2. The molecule has 0 amide bonds. The van der Waals surface area contributed by atoms with Gasteiger partial charge in [-0.2, -0.15) is 8.42 Å². The molecule has 7 nitrogen and oxygen atoms in total. The van der Waals surface area contributed by atoms with Gasteiger partial charge in [0.05, 0.1) is 16.0 Å². The van der Waals surface area contributed by atoms with Gasteiger partial charge in [0.2, 0.25) is 0 Å². The van der Waals surface area contributed by atoms with Crippen molar-refractivity contribution in [3.8, 4) is 0 Å². The summed E-state index contributed by atoms with van der Waals surface area (Å²) in [6.45, 7) is 0. The molecule has 88 valence electrons. The van der Waals surface area contributed by atoms with Crippen LogP contribution in [0, 0.1) is 0 Å². The molecule has 17 heavy (non-hydrogen) atoms. The van der Waals surface area contributed by atoms with E-state index in [1.54, 1.807) is 0 Å². The van der Waals surface area contributed by atoms with Gasteiger partial charge in [0.25, 0.3) is 10.1 Å². The number of hydrogen-bond acceptors (Lipinski definition) is 4. The van der Waals surface area contributed by atoms with E-state index in [1.165, 1.54) is 0 Å². The van der Waals surface area contributed by atoms with Crippen molar-refractivity contribution in [2.24, 2.45) is 0 Å². The van der Waals surface area contributed by atoms with Crippen molar-refractivity contribution >= 4 is 51.6 Å². The van der Waals surface area contributed by atoms with E-state index in [9.17, 15) is 18.0 Å². The Hall–Kier alpha value is -0.930. The van der Waals surface area contributed by atoms with Crippen molar-refractivity contribution in [3.63, 3.8) is 0 Å².